The number of carbonyl (C=O) groups is 1. The van der Waals surface area contributed by atoms with Crippen LogP contribution in [0, 0.1) is 6.92 Å². The third-order valence-electron chi connectivity index (χ3n) is 5.55. The molecule has 216 valence electrons. The number of hydrogen-bond acceptors (Lipinski definition) is 12. The number of nitrogens with one attached hydrogen (secondary N) is 3. The average Bonchev–Trinajstić information content (AvgIpc) is 3.42. The van der Waals surface area contributed by atoms with Crippen LogP contribution in [-0.2, 0) is 11.3 Å². The van der Waals surface area contributed by atoms with Crippen molar-refractivity contribution in [1.82, 2.24) is 19.9 Å². The Morgan fingerprint density at radius 1 is 1.15 bits per heavy atom. The number of oxazole rings is 1. The van der Waals surface area contributed by atoms with Gasteiger partial charge in [0.15, 0.2) is 17.4 Å². The molecule has 3 aromatic heterocycles. The van der Waals surface area contributed by atoms with Crippen molar-refractivity contribution < 1.29 is 29.3 Å². The van der Waals surface area contributed by atoms with Gasteiger partial charge in [-0.15, -0.1) is 0 Å². The second kappa shape index (κ2) is 14.1. The lowest BCUT2D eigenvalue weighted by molar-refractivity contribution is 0.00940. The van der Waals surface area contributed by atoms with E-state index >= 15 is 0 Å². The molecule has 0 saturated heterocycles. The summed E-state index contributed by atoms with van der Waals surface area (Å²) in [6, 6.07) is 6.53. The molecule has 15 heteroatoms. The maximum Gasteiger partial charge on any atom is 0.339 e. The minimum absolute atomic E-state index is 0.0258. The third kappa shape index (κ3) is 8.02. The largest absolute Gasteiger partial charge is 0.478 e. The zero-order valence-electron chi connectivity index (χ0n) is 21.8. The Balaban J connectivity index is 1.59. The van der Waals surface area contributed by atoms with E-state index in [0.717, 1.165) is 0 Å². The first-order valence-electron chi connectivity index (χ1n) is 12.3. The van der Waals surface area contributed by atoms with Gasteiger partial charge in [0.1, 0.15) is 23.2 Å². The van der Waals surface area contributed by atoms with Crippen LogP contribution in [0.2, 0.25) is 10.0 Å². The van der Waals surface area contributed by atoms with Crippen molar-refractivity contribution in [2.45, 2.75) is 19.6 Å². The Morgan fingerprint density at radius 2 is 1.95 bits per heavy atom. The first-order valence-corrected chi connectivity index (χ1v) is 13.1. The van der Waals surface area contributed by atoms with E-state index in [1.54, 1.807) is 25.1 Å². The average molecular weight is 604 g/mol. The van der Waals surface area contributed by atoms with Gasteiger partial charge in [-0.1, -0.05) is 23.2 Å². The predicted octanol–water partition coefficient (Wildman–Crippen LogP) is 3.98. The van der Waals surface area contributed by atoms with Crippen molar-refractivity contribution in [3.8, 4) is 11.3 Å². The fourth-order valence-electron chi connectivity index (χ4n) is 3.64. The second-order valence-electron chi connectivity index (χ2n) is 8.63. The van der Waals surface area contributed by atoms with E-state index in [2.05, 4.69) is 35.9 Å². The number of halogens is 2. The molecule has 3 heterocycles. The third-order valence-corrected chi connectivity index (χ3v) is 6.11. The van der Waals surface area contributed by atoms with Crippen molar-refractivity contribution in [2.75, 3.05) is 42.3 Å². The van der Waals surface area contributed by atoms with Crippen molar-refractivity contribution in [3.05, 3.63) is 70.2 Å². The van der Waals surface area contributed by atoms with Gasteiger partial charge in [0.25, 0.3) is 0 Å². The Bertz CT molecular complexity index is 1500. The van der Waals surface area contributed by atoms with Crippen molar-refractivity contribution in [2.24, 2.45) is 0 Å². The Labute approximate surface area is 244 Å². The molecule has 1 atom stereocenters. The van der Waals surface area contributed by atoms with Gasteiger partial charge in [-0.2, -0.15) is 0 Å². The topological polar surface area (TPSA) is 188 Å². The SMILES string of the molecule is Cc1nc(NCCOCC(O)CO)c(NCc2ncc(-c3cc(Cl)ccc3Cl)o2)c(Nc2ccncc2C(=O)O)n1. The number of carboxylic acid groups (broad SMARTS) is 1. The number of rotatable bonds is 14. The highest BCUT2D eigenvalue weighted by molar-refractivity contribution is 6.35. The molecule has 0 aliphatic rings. The number of pyridine rings is 1. The molecule has 0 bridgehead atoms. The summed E-state index contributed by atoms with van der Waals surface area (Å²) >= 11 is 12.4. The maximum atomic E-state index is 11.8. The molecule has 1 unspecified atom stereocenters. The van der Waals surface area contributed by atoms with Crippen LogP contribution in [-0.4, -0.2) is 73.7 Å². The minimum atomic E-state index is -1.16. The second-order valence-corrected chi connectivity index (χ2v) is 9.47. The molecule has 0 aliphatic heterocycles. The molecule has 6 N–H and O–H groups in total. The molecule has 0 radical (unpaired) electrons. The van der Waals surface area contributed by atoms with Gasteiger partial charge in [0.05, 0.1) is 43.3 Å². The molecular weight excluding hydrogens is 577 g/mol. The number of aromatic nitrogens is 4. The van der Waals surface area contributed by atoms with Gasteiger partial charge < -0.3 is 40.4 Å². The summed E-state index contributed by atoms with van der Waals surface area (Å²) in [4.78, 5) is 28.9. The van der Waals surface area contributed by atoms with Crippen LogP contribution in [0.1, 0.15) is 22.1 Å². The number of aromatic carboxylic acids is 1. The Hall–Kier alpha value is -4.01. The van der Waals surface area contributed by atoms with Gasteiger partial charge in [0, 0.05) is 29.5 Å². The van der Waals surface area contributed by atoms with Gasteiger partial charge in [-0.3, -0.25) is 4.98 Å². The lowest BCUT2D eigenvalue weighted by Gasteiger charge is -2.18. The number of hydrogen-bond donors (Lipinski definition) is 6. The monoisotopic (exact) mass is 603 g/mol. The number of benzene rings is 1. The van der Waals surface area contributed by atoms with E-state index in [4.69, 9.17) is 37.5 Å². The minimum Gasteiger partial charge on any atom is -0.478 e. The van der Waals surface area contributed by atoms with Crippen LogP contribution in [0.25, 0.3) is 11.3 Å². The van der Waals surface area contributed by atoms with Gasteiger partial charge in [-0.05, 0) is 31.2 Å². The number of ether oxygens (including phenoxy) is 1. The van der Waals surface area contributed by atoms with Crippen molar-refractivity contribution in [1.29, 1.82) is 0 Å². The first-order chi connectivity index (χ1) is 19.7. The highest BCUT2D eigenvalue weighted by Crippen LogP contribution is 2.33. The number of nitrogens with zero attached hydrogens (tertiary/aromatic N) is 4. The summed E-state index contributed by atoms with van der Waals surface area (Å²) in [5.41, 5.74) is 1.22. The number of carboxylic acids is 1. The zero-order valence-corrected chi connectivity index (χ0v) is 23.3. The van der Waals surface area contributed by atoms with Crippen molar-refractivity contribution >= 4 is 52.2 Å². The molecule has 4 aromatic rings. The molecule has 0 fully saturated rings. The van der Waals surface area contributed by atoms with Crippen LogP contribution in [0.4, 0.5) is 23.0 Å². The molecule has 0 saturated carbocycles. The standard InChI is InChI=1S/C26H27Cl2N7O6/c1-14-33-24(30-6-7-40-13-16(37)12-36)23(25(34-14)35-20-4-5-29-9-18(20)26(38)39)32-11-22-31-10-21(41-22)17-8-15(27)2-3-19(17)28/h2-5,8-10,16,32,36-37H,6-7,11-13H2,1H3,(H,38,39)(H2,29,30,33,34,35). The molecule has 41 heavy (non-hydrogen) atoms. The number of anilines is 4. The summed E-state index contributed by atoms with van der Waals surface area (Å²) in [6.45, 7) is 1.88. The maximum absolute atomic E-state index is 11.8. The van der Waals surface area contributed by atoms with Crippen LogP contribution in [0.5, 0.6) is 0 Å². The van der Waals surface area contributed by atoms with Crippen LogP contribution in [0.15, 0.2) is 47.3 Å². The summed E-state index contributed by atoms with van der Waals surface area (Å²) in [7, 11) is 0. The number of aliphatic hydroxyl groups is 2. The van der Waals surface area contributed by atoms with E-state index in [-0.39, 0.29) is 36.8 Å². The first kappa shape index (κ1) is 30.0. The van der Waals surface area contributed by atoms with Crippen LogP contribution >= 0.6 is 23.2 Å². The fourth-order valence-corrected chi connectivity index (χ4v) is 4.02. The van der Waals surface area contributed by atoms with E-state index in [1.165, 1.54) is 24.7 Å². The highest BCUT2D eigenvalue weighted by Gasteiger charge is 2.18. The van der Waals surface area contributed by atoms with E-state index < -0.39 is 18.7 Å². The number of aliphatic hydroxyl groups excluding tert-OH is 2. The fraction of sp³-hybridized carbons (Fsp3) is 0.269. The molecule has 13 nitrogen and oxygen atoms in total. The Kier molecular flexibility index (Phi) is 10.3. The lowest BCUT2D eigenvalue weighted by Crippen LogP contribution is -2.22. The molecule has 1 aromatic carbocycles. The van der Waals surface area contributed by atoms with E-state index in [9.17, 15) is 15.0 Å². The van der Waals surface area contributed by atoms with Crippen LogP contribution in [0.3, 0.4) is 0 Å². The Morgan fingerprint density at radius 3 is 2.73 bits per heavy atom. The molecule has 0 amide bonds. The number of aryl methyl sites for hydroxylation is 1. The van der Waals surface area contributed by atoms with Gasteiger partial charge >= 0.3 is 5.97 Å². The molecular formula is C26H27Cl2N7O6. The van der Waals surface area contributed by atoms with Gasteiger partial charge in [-0.25, -0.2) is 19.7 Å². The van der Waals surface area contributed by atoms with E-state index in [0.29, 0.717) is 51.1 Å². The summed E-state index contributed by atoms with van der Waals surface area (Å²) in [6.07, 6.45) is 3.26. The zero-order chi connectivity index (χ0) is 29.4. The van der Waals surface area contributed by atoms with Crippen molar-refractivity contribution in [3.63, 3.8) is 0 Å². The van der Waals surface area contributed by atoms with Gasteiger partial charge in [0.2, 0.25) is 5.89 Å². The predicted molar refractivity (Wildman–Crippen MR) is 153 cm³/mol. The molecule has 4 rings (SSSR count). The quantitative estimate of drug-likeness (QED) is 0.114. The summed E-state index contributed by atoms with van der Waals surface area (Å²) < 4.78 is 11.3. The van der Waals surface area contributed by atoms with Crippen LogP contribution < -0.4 is 16.0 Å². The van der Waals surface area contributed by atoms with E-state index in [1.807, 2.05) is 0 Å². The summed E-state index contributed by atoms with van der Waals surface area (Å²) in [5, 5.41) is 38.4. The summed E-state index contributed by atoms with van der Waals surface area (Å²) in [5.74, 6) is 0.670. The smallest absolute Gasteiger partial charge is 0.339 e. The lowest BCUT2D eigenvalue weighted by atomic mass is 10.2. The highest BCUT2D eigenvalue weighted by atomic mass is 35.5. The normalized spacial score (nSPS) is 11.7. The molecule has 0 aliphatic carbocycles. The molecule has 0 spiro atoms.